The van der Waals surface area contributed by atoms with Gasteiger partial charge in [0.25, 0.3) is 5.41 Å². The average molecular weight is 358 g/mol. The van der Waals surface area contributed by atoms with Crippen molar-refractivity contribution in [3.8, 4) is 0 Å². The van der Waals surface area contributed by atoms with Gasteiger partial charge in [0.2, 0.25) is 0 Å². The van der Waals surface area contributed by atoms with E-state index in [1.165, 1.54) is 60.7 Å². The second-order valence-electron chi connectivity index (χ2n) is 5.45. The molecule has 8 nitrogen and oxygen atoms in total. The molecule has 0 aliphatic heterocycles. The molecule has 2 aromatic rings. The minimum absolute atomic E-state index is 0.286. The van der Waals surface area contributed by atoms with E-state index in [1.54, 1.807) is 0 Å². The Balaban J connectivity index is 3.15. The summed E-state index contributed by atoms with van der Waals surface area (Å²) in [6.07, 6.45) is 0. The van der Waals surface area contributed by atoms with Gasteiger partial charge in [-0.3, -0.25) is 19.2 Å². The zero-order chi connectivity index (χ0) is 19.5. The second-order valence-corrected chi connectivity index (χ2v) is 5.45. The van der Waals surface area contributed by atoms with Crippen molar-refractivity contribution in [1.29, 1.82) is 0 Å². The molecular weight excluding hydrogens is 344 g/mol. The molecule has 2 rings (SSSR count). The molecule has 0 aliphatic carbocycles. The molecule has 0 amide bonds. The maximum Gasteiger partial charge on any atom is 0.334 e. The smallest absolute Gasteiger partial charge is 0.334 e. The Morgan fingerprint density at radius 1 is 0.538 bits per heavy atom. The van der Waals surface area contributed by atoms with Crippen LogP contribution in [0.5, 0.6) is 0 Å². The van der Waals surface area contributed by atoms with Crippen LogP contribution in [0.15, 0.2) is 60.7 Å². The van der Waals surface area contributed by atoms with Gasteiger partial charge in [-0.2, -0.15) is 0 Å². The molecule has 0 radical (unpaired) electrons. The van der Waals surface area contributed by atoms with Gasteiger partial charge in [-0.25, -0.2) is 0 Å². The number of rotatable bonds is 7. The van der Waals surface area contributed by atoms with Crippen LogP contribution < -0.4 is 0 Å². The van der Waals surface area contributed by atoms with Crippen molar-refractivity contribution in [1.82, 2.24) is 0 Å². The summed E-state index contributed by atoms with van der Waals surface area (Å²) >= 11 is 0. The first-order valence-corrected chi connectivity index (χ1v) is 7.28. The zero-order valence-electron chi connectivity index (χ0n) is 13.2. The molecule has 26 heavy (non-hydrogen) atoms. The Labute approximate surface area is 147 Å². The van der Waals surface area contributed by atoms with E-state index in [4.69, 9.17) is 0 Å². The summed E-state index contributed by atoms with van der Waals surface area (Å²) in [4.78, 5) is 48.3. The Morgan fingerprint density at radius 3 is 1.08 bits per heavy atom. The van der Waals surface area contributed by atoms with E-state index in [0.717, 1.165) is 0 Å². The summed E-state index contributed by atoms with van der Waals surface area (Å²) in [5.41, 5.74) is -7.20. The molecule has 0 aliphatic rings. The minimum atomic E-state index is -3.71. The fourth-order valence-corrected chi connectivity index (χ4v) is 3.14. The quantitative estimate of drug-likeness (QED) is 0.541. The summed E-state index contributed by atoms with van der Waals surface area (Å²) in [7, 11) is 0. The molecule has 0 heterocycles. The second kappa shape index (κ2) is 6.67. The fraction of sp³-hybridized carbons (Fsp3) is 0.111. The molecule has 0 unspecified atom stereocenters. The Bertz CT molecular complexity index is 782. The zero-order valence-corrected chi connectivity index (χ0v) is 13.2. The highest BCUT2D eigenvalue weighted by Crippen LogP contribution is 2.49. The van der Waals surface area contributed by atoms with Crippen molar-refractivity contribution in [3.05, 3.63) is 71.8 Å². The molecule has 4 N–H and O–H groups in total. The molecule has 0 atom stereocenters. The number of carbonyl (C=O) groups is 4. The molecule has 0 saturated carbocycles. The van der Waals surface area contributed by atoms with Crippen LogP contribution in [0.2, 0.25) is 0 Å². The highest BCUT2D eigenvalue weighted by molar-refractivity contribution is 6.22. The lowest BCUT2D eigenvalue weighted by atomic mass is 9.56. The average Bonchev–Trinajstić information content (AvgIpc) is 2.59. The number of carboxylic acids is 4. The third kappa shape index (κ3) is 2.31. The van der Waals surface area contributed by atoms with E-state index in [9.17, 15) is 39.6 Å². The van der Waals surface area contributed by atoms with Gasteiger partial charge < -0.3 is 20.4 Å². The lowest BCUT2D eigenvalue weighted by Gasteiger charge is -2.39. The first kappa shape index (κ1) is 18.7. The maximum absolute atomic E-state index is 12.4. The minimum Gasteiger partial charge on any atom is -0.480 e. The molecule has 0 saturated heterocycles. The van der Waals surface area contributed by atoms with Crippen molar-refractivity contribution < 1.29 is 39.6 Å². The Hall–Kier alpha value is -3.68. The van der Waals surface area contributed by atoms with Gasteiger partial charge in [-0.05, 0) is 11.1 Å². The molecular formula is C18H14O8. The van der Waals surface area contributed by atoms with Crippen molar-refractivity contribution in [2.45, 2.75) is 5.41 Å². The number of hydrogen-bond donors (Lipinski definition) is 4. The maximum atomic E-state index is 12.4. The van der Waals surface area contributed by atoms with Crippen LogP contribution >= 0.6 is 0 Å². The predicted octanol–water partition coefficient (Wildman–Crippen LogP) is 1.30. The molecule has 0 spiro atoms. The number of benzene rings is 2. The van der Waals surface area contributed by atoms with Crippen LogP contribution in [0.4, 0.5) is 0 Å². The largest absolute Gasteiger partial charge is 0.480 e. The normalized spacial score (nSPS) is 11.5. The first-order chi connectivity index (χ1) is 12.2. The number of aliphatic carboxylic acids is 4. The predicted molar refractivity (Wildman–Crippen MR) is 86.6 cm³/mol. The third-order valence-electron chi connectivity index (χ3n) is 4.26. The van der Waals surface area contributed by atoms with Crippen LogP contribution in [0.1, 0.15) is 11.1 Å². The van der Waals surface area contributed by atoms with Crippen LogP contribution in [0.3, 0.4) is 0 Å². The van der Waals surface area contributed by atoms with Gasteiger partial charge >= 0.3 is 23.9 Å². The van der Waals surface area contributed by atoms with Crippen LogP contribution in [0, 0.1) is 5.41 Å². The van der Waals surface area contributed by atoms with E-state index in [-0.39, 0.29) is 11.1 Å². The van der Waals surface area contributed by atoms with Crippen LogP contribution in [-0.2, 0) is 24.6 Å². The Morgan fingerprint density at radius 2 is 0.846 bits per heavy atom. The monoisotopic (exact) mass is 358 g/mol. The van der Waals surface area contributed by atoms with Crippen LogP contribution in [-0.4, -0.2) is 44.3 Å². The van der Waals surface area contributed by atoms with Gasteiger partial charge in [0, 0.05) is 0 Å². The van der Waals surface area contributed by atoms with Crippen molar-refractivity contribution in [2.75, 3.05) is 0 Å². The van der Waals surface area contributed by atoms with Crippen molar-refractivity contribution in [3.63, 3.8) is 0 Å². The van der Waals surface area contributed by atoms with E-state index in [2.05, 4.69) is 0 Å². The van der Waals surface area contributed by atoms with E-state index in [0.29, 0.717) is 0 Å². The summed E-state index contributed by atoms with van der Waals surface area (Å²) < 4.78 is 0. The standard InChI is InChI=1S/C18H14O8/c19-13(20)17(11-7-3-1-4-8-11,12-9-5-2-6-10-12)18(14(21)22,15(23)24)16(25)26/h1-10H,(H,19,20)(H,21,22)(H,23,24)(H,25,26). The number of carboxylic acid groups (broad SMARTS) is 4. The molecule has 0 bridgehead atoms. The highest BCUT2D eigenvalue weighted by Gasteiger charge is 2.73. The van der Waals surface area contributed by atoms with E-state index >= 15 is 0 Å². The molecule has 0 fully saturated rings. The van der Waals surface area contributed by atoms with Crippen molar-refractivity contribution >= 4 is 23.9 Å². The topological polar surface area (TPSA) is 149 Å². The summed E-state index contributed by atoms with van der Waals surface area (Å²) in [6.45, 7) is 0. The third-order valence-corrected chi connectivity index (χ3v) is 4.26. The van der Waals surface area contributed by atoms with Gasteiger partial charge in [0.1, 0.15) is 0 Å². The number of hydrogen-bond acceptors (Lipinski definition) is 4. The van der Waals surface area contributed by atoms with Gasteiger partial charge in [0.15, 0.2) is 5.41 Å². The Kier molecular flexibility index (Phi) is 4.79. The van der Waals surface area contributed by atoms with Gasteiger partial charge in [-0.15, -0.1) is 0 Å². The molecule has 134 valence electrons. The fourth-order valence-electron chi connectivity index (χ4n) is 3.14. The van der Waals surface area contributed by atoms with Gasteiger partial charge in [0.05, 0.1) is 0 Å². The van der Waals surface area contributed by atoms with Crippen LogP contribution in [0.25, 0.3) is 0 Å². The van der Waals surface area contributed by atoms with Gasteiger partial charge in [-0.1, -0.05) is 60.7 Å². The highest BCUT2D eigenvalue weighted by atomic mass is 16.4. The lowest BCUT2D eigenvalue weighted by molar-refractivity contribution is -0.186. The van der Waals surface area contributed by atoms with E-state index in [1.807, 2.05) is 0 Å². The molecule has 2 aromatic carbocycles. The summed E-state index contributed by atoms with van der Waals surface area (Å²) in [5, 5.41) is 39.0. The summed E-state index contributed by atoms with van der Waals surface area (Å²) in [6, 6.07) is 13.2. The van der Waals surface area contributed by atoms with E-state index < -0.39 is 34.7 Å². The first-order valence-electron chi connectivity index (χ1n) is 7.28. The van der Waals surface area contributed by atoms with Crippen molar-refractivity contribution in [2.24, 2.45) is 5.41 Å². The lowest BCUT2D eigenvalue weighted by Crippen LogP contribution is -2.64. The molecule has 0 aromatic heterocycles. The molecule has 8 heteroatoms. The SMILES string of the molecule is O=C(O)C(C(=O)O)(C(=O)O)C(C(=O)O)(c1ccccc1)c1ccccc1. The summed E-state index contributed by atoms with van der Waals surface area (Å²) in [5.74, 6) is -8.81.